The molecule has 0 spiro atoms. The largest absolute Gasteiger partial charge is 0.494 e. The lowest BCUT2D eigenvalue weighted by atomic mass is 10.0. The van der Waals surface area contributed by atoms with E-state index in [0.717, 1.165) is 54.5 Å². The lowest BCUT2D eigenvalue weighted by molar-refractivity contribution is -0.139. The van der Waals surface area contributed by atoms with Crippen molar-refractivity contribution in [2.45, 2.75) is 153 Å². The fourth-order valence-electron chi connectivity index (χ4n) is 6.33. The first-order valence-electron chi connectivity index (χ1n) is 21.7. The van der Waals surface area contributed by atoms with Crippen molar-refractivity contribution in [2.24, 2.45) is 0 Å². The summed E-state index contributed by atoms with van der Waals surface area (Å²) in [6.45, 7) is 16.9. The van der Waals surface area contributed by atoms with E-state index in [9.17, 15) is 65.9 Å². The zero-order valence-corrected chi connectivity index (χ0v) is 39.7. The number of benzene rings is 5. The van der Waals surface area contributed by atoms with Crippen molar-refractivity contribution in [3.05, 3.63) is 169 Å². The quantitative estimate of drug-likeness (QED) is 0.141. The van der Waals surface area contributed by atoms with Crippen molar-refractivity contribution in [3.63, 3.8) is 0 Å². The van der Waals surface area contributed by atoms with Gasteiger partial charge in [-0.25, -0.2) is 0 Å². The van der Waals surface area contributed by atoms with Crippen LogP contribution in [0.1, 0.15) is 140 Å². The van der Waals surface area contributed by atoms with Crippen LogP contribution in [0.4, 0.5) is 65.9 Å². The number of halogens is 15. The molecule has 0 saturated heterocycles. The lowest BCUT2D eigenvalue weighted by Crippen LogP contribution is -2.08. The molecule has 16 heteroatoms. The van der Waals surface area contributed by atoms with Gasteiger partial charge in [0, 0.05) is 0 Å². The van der Waals surface area contributed by atoms with Crippen LogP contribution in [0.5, 0.6) is 5.75 Å². The smallest absolute Gasteiger partial charge is 0.416 e. The molecule has 0 N–H and O–H groups in total. The molecule has 0 atom stereocenters. The van der Waals surface area contributed by atoms with Gasteiger partial charge in [0.1, 0.15) is 5.75 Å². The zero-order chi connectivity index (χ0) is 52.4. The van der Waals surface area contributed by atoms with E-state index in [1.807, 2.05) is 20.8 Å². The Morgan fingerprint density at radius 3 is 1.00 bits per heavy atom. The van der Waals surface area contributed by atoms with Gasteiger partial charge in [-0.2, -0.15) is 65.9 Å². The number of hydrogen-bond acceptors (Lipinski definition) is 1. The molecule has 0 amide bonds. The van der Waals surface area contributed by atoms with Crippen LogP contribution in [0.15, 0.2) is 91.0 Å². The minimum atomic E-state index is -4.31. The van der Waals surface area contributed by atoms with E-state index in [0.29, 0.717) is 30.6 Å². The molecule has 5 aromatic rings. The second-order valence-corrected chi connectivity index (χ2v) is 15.9. The first kappa shape index (κ1) is 66.9. The fourth-order valence-corrected chi connectivity index (χ4v) is 6.33. The Morgan fingerprint density at radius 2 is 0.671 bits per heavy atom. The molecule has 1 nitrogen and oxygen atoms in total. The fraction of sp³-hybridized carbons (Fsp3) is 0.444. The highest BCUT2D eigenvalue weighted by Crippen LogP contribution is 2.36. The maximum atomic E-state index is 12.6. The Kier molecular flexibility index (Phi) is 28.0. The van der Waals surface area contributed by atoms with E-state index in [-0.39, 0.29) is 42.9 Å². The van der Waals surface area contributed by atoms with Gasteiger partial charge in [0.05, 0.1) is 34.4 Å². The molecule has 394 valence electrons. The summed E-state index contributed by atoms with van der Waals surface area (Å²) in [5.41, 5.74) is 1.52. The minimum Gasteiger partial charge on any atom is -0.494 e. The number of unbranched alkanes of at least 4 members (excludes halogenated alkanes) is 1. The van der Waals surface area contributed by atoms with Gasteiger partial charge in [0.15, 0.2) is 0 Å². The predicted molar refractivity (Wildman–Crippen MR) is 252 cm³/mol. The number of aryl methyl sites for hydroxylation is 9. The molecule has 0 saturated carbocycles. The van der Waals surface area contributed by atoms with Gasteiger partial charge in [0.2, 0.25) is 0 Å². The van der Waals surface area contributed by atoms with Crippen molar-refractivity contribution >= 4 is 0 Å². The first-order chi connectivity index (χ1) is 31.2. The van der Waals surface area contributed by atoms with Gasteiger partial charge in [-0.05, 0) is 155 Å². The summed E-state index contributed by atoms with van der Waals surface area (Å²) in [6.07, 6.45) is -16.4. The molecule has 0 unspecified atom stereocenters. The highest BCUT2D eigenvalue weighted by Gasteiger charge is 2.35. The molecule has 0 fully saturated rings. The van der Waals surface area contributed by atoms with Gasteiger partial charge in [-0.3, -0.25) is 0 Å². The molecule has 0 radical (unpaired) electrons. The summed E-state index contributed by atoms with van der Waals surface area (Å²) >= 11 is 0. The highest BCUT2D eigenvalue weighted by molar-refractivity contribution is 5.38. The number of rotatable bonds is 8. The summed E-state index contributed by atoms with van der Waals surface area (Å²) in [6, 6.07) is 21.9. The molecular weight excluding hydrogens is 950 g/mol. The van der Waals surface area contributed by atoms with Crippen LogP contribution in [0.3, 0.4) is 0 Å². The summed E-state index contributed by atoms with van der Waals surface area (Å²) in [5, 5.41) is 0. The monoisotopic (exact) mass is 1020 g/mol. The van der Waals surface area contributed by atoms with E-state index in [2.05, 4.69) is 0 Å². The highest BCUT2D eigenvalue weighted by atomic mass is 19.4. The summed E-state index contributed by atoms with van der Waals surface area (Å²) < 4.78 is 191. The lowest BCUT2D eigenvalue weighted by Gasteiger charge is -2.11. The Labute approximate surface area is 404 Å². The third kappa shape index (κ3) is 23.2. The van der Waals surface area contributed by atoms with Crippen LogP contribution in [-0.2, 0) is 50.1 Å². The van der Waals surface area contributed by atoms with E-state index in [1.54, 1.807) is 44.2 Å². The van der Waals surface area contributed by atoms with Crippen molar-refractivity contribution in [3.8, 4) is 5.75 Å². The van der Waals surface area contributed by atoms with Gasteiger partial charge in [-0.1, -0.05) is 109 Å². The van der Waals surface area contributed by atoms with Crippen molar-refractivity contribution in [1.82, 2.24) is 0 Å². The maximum absolute atomic E-state index is 12.6. The summed E-state index contributed by atoms with van der Waals surface area (Å²) in [5.74, 6) is 0.255. The van der Waals surface area contributed by atoms with Crippen molar-refractivity contribution in [2.75, 3.05) is 6.61 Å². The SMILES string of the molecule is C.C.CCCCc1ccc(C)c(C(F)(F)F)c1.CCCc1ccc(C)c(C(F)(F)F)c1.CCOc1ccc(C)c(C(F)(F)F)c1.CCc1ccc(C)c(C(F)(F)F)c1.Cc1ccc(C)c(C(F)(F)F)c1. The van der Waals surface area contributed by atoms with Crippen LogP contribution >= 0.6 is 0 Å². The molecule has 0 aliphatic carbocycles. The number of hydrogen-bond donors (Lipinski definition) is 0. The van der Waals surface area contributed by atoms with Crippen LogP contribution in [0.2, 0.25) is 0 Å². The second kappa shape index (κ2) is 29.3. The Balaban J connectivity index is 0. The number of ether oxygens (including phenoxy) is 1. The van der Waals surface area contributed by atoms with Crippen LogP contribution in [-0.4, -0.2) is 6.61 Å². The van der Waals surface area contributed by atoms with E-state index in [1.165, 1.54) is 83.1 Å². The number of alkyl halides is 15. The average Bonchev–Trinajstić information content (AvgIpc) is 3.22. The third-order valence-electron chi connectivity index (χ3n) is 10.1. The minimum absolute atomic E-state index is 0. The Hall–Kier alpha value is -5.15. The van der Waals surface area contributed by atoms with E-state index in [4.69, 9.17) is 4.74 Å². The molecule has 0 aliphatic heterocycles. The normalized spacial score (nSPS) is 11.4. The second-order valence-electron chi connectivity index (χ2n) is 15.9. The maximum Gasteiger partial charge on any atom is 0.416 e. The zero-order valence-electron chi connectivity index (χ0n) is 39.7. The topological polar surface area (TPSA) is 9.23 Å². The molecule has 5 rings (SSSR count). The van der Waals surface area contributed by atoms with Gasteiger partial charge >= 0.3 is 30.9 Å². The molecular formula is C54H67F15O. The van der Waals surface area contributed by atoms with Crippen LogP contribution in [0, 0.1) is 41.5 Å². The summed E-state index contributed by atoms with van der Waals surface area (Å²) in [7, 11) is 0. The molecule has 70 heavy (non-hydrogen) atoms. The Bertz CT molecular complexity index is 2230. The van der Waals surface area contributed by atoms with Crippen LogP contribution in [0.25, 0.3) is 0 Å². The van der Waals surface area contributed by atoms with Crippen LogP contribution < -0.4 is 4.74 Å². The van der Waals surface area contributed by atoms with E-state index >= 15 is 0 Å². The van der Waals surface area contributed by atoms with E-state index < -0.39 is 58.7 Å². The Morgan fingerprint density at radius 1 is 0.357 bits per heavy atom. The summed E-state index contributed by atoms with van der Waals surface area (Å²) in [4.78, 5) is 0. The van der Waals surface area contributed by atoms with Gasteiger partial charge < -0.3 is 4.74 Å². The predicted octanol–water partition coefficient (Wildman–Crippen LogP) is 19.9. The standard InChI is InChI=1S/C12H15F3.C11H13F3.C10H11F3O.C10H11F3.C9H9F3.2CH4/c1-3-4-5-10-7-6-9(2)11(8-10)12(13,14)15;1-3-4-9-6-5-8(2)10(7-9)11(12,13)14;1-3-14-8-5-4-7(2)9(6-8)10(11,12)13;1-3-8-5-4-7(2)9(6-8)10(11,12)13;1-6-3-4-7(2)8(5-6)9(10,11)12;;/h6-8H,3-5H2,1-2H3;5-7H,3-4H2,1-2H3;4-6H,3H2,1-2H3;4-6H,3H2,1-2H3;3-5H,1-2H3;2*1H4. The average molecular weight is 1020 g/mol. The van der Waals surface area contributed by atoms with Gasteiger partial charge in [-0.15, -0.1) is 0 Å². The van der Waals surface area contributed by atoms with Crippen molar-refractivity contribution in [1.29, 1.82) is 0 Å². The van der Waals surface area contributed by atoms with Gasteiger partial charge in [0.25, 0.3) is 0 Å². The third-order valence-corrected chi connectivity index (χ3v) is 10.1. The molecule has 0 aliphatic rings. The molecule has 0 aromatic heterocycles. The molecule has 0 bridgehead atoms. The van der Waals surface area contributed by atoms with Crippen molar-refractivity contribution < 1.29 is 70.6 Å². The molecule has 0 heterocycles. The first-order valence-corrected chi connectivity index (χ1v) is 21.7. The molecule has 5 aromatic carbocycles.